The van der Waals surface area contributed by atoms with E-state index in [0.717, 1.165) is 25.4 Å². The monoisotopic (exact) mass is 419 g/mol. The number of hydrogen-bond donors (Lipinski definition) is 0. The van der Waals surface area contributed by atoms with E-state index >= 15 is 0 Å². The fourth-order valence-corrected chi connectivity index (χ4v) is 4.93. The molecule has 0 fully saturated rings. The third-order valence-electron chi connectivity index (χ3n) is 3.21. The third-order valence-corrected chi connectivity index (χ3v) is 5.55. The van der Waals surface area contributed by atoms with Crippen molar-refractivity contribution in [1.29, 1.82) is 0 Å². The molecule has 0 aliphatic heterocycles. The van der Waals surface area contributed by atoms with Crippen LogP contribution in [0.3, 0.4) is 0 Å². The van der Waals surface area contributed by atoms with Crippen molar-refractivity contribution in [2.75, 3.05) is 0 Å². The number of aryl methyl sites for hydroxylation is 1. The molecule has 0 amide bonds. The van der Waals surface area contributed by atoms with Gasteiger partial charge in [-0.1, -0.05) is 44.2 Å². The first-order chi connectivity index (χ1) is 9.70. The Morgan fingerprint density at radius 1 is 1.15 bits per heavy atom. The van der Waals surface area contributed by atoms with Gasteiger partial charge in [-0.15, -0.1) is 16.4 Å². The maximum atomic E-state index is 4.26. The fourth-order valence-electron chi connectivity index (χ4n) is 2.10. The number of aromatic nitrogens is 3. The predicted octanol–water partition coefficient (Wildman–Crippen LogP) is 5.89. The summed E-state index contributed by atoms with van der Waals surface area (Å²) in [6, 6.07) is 2.08. The number of halogens is 2. The van der Waals surface area contributed by atoms with Gasteiger partial charge in [0.1, 0.15) is 5.69 Å². The Kier molecular flexibility index (Phi) is 6.71. The highest BCUT2D eigenvalue weighted by Gasteiger charge is 2.11. The Morgan fingerprint density at radius 3 is 2.60 bits per heavy atom. The number of nitrogens with zero attached hydrogens (tertiary/aromatic N) is 3. The number of hydrogen-bond acceptors (Lipinski definition) is 3. The molecule has 0 saturated heterocycles. The second kappa shape index (κ2) is 8.29. The summed E-state index contributed by atoms with van der Waals surface area (Å²) in [6.45, 7) is 3.21. The van der Waals surface area contributed by atoms with Crippen LogP contribution in [-0.4, -0.2) is 15.0 Å². The largest absolute Gasteiger partial charge is 0.252 e. The fraction of sp³-hybridized carbons (Fsp3) is 0.571. The van der Waals surface area contributed by atoms with Gasteiger partial charge in [0.2, 0.25) is 0 Å². The zero-order valence-electron chi connectivity index (χ0n) is 11.6. The summed E-state index contributed by atoms with van der Waals surface area (Å²) < 4.78 is 4.15. The molecule has 0 unspecified atom stereocenters. The summed E-state index contributed by atoms with van der Waals surface area (Å²) in [5.74, 6) is 0. The lowest BCUT2D eigenvalue weighted by Crippen LogP contribution is -1.98. The molecule has 110 valence electrons. The van der Waals surface area contributed by atoms with Gasteiger partial charge in [0.05, 0.1) is 13.8 Å². The van der Waals surface area contributed by atoms with E-state index in [-0.39, 0.29) is 0 Å². The van der Waals surface area contributed by atoms with Crippen molar-refractivity contribution in [2.24, 2.45) is 0 Å². The van der Waals surface area contributed by atoms with Crippen molar-refractivity contribution >= 4 is 43.2 Å². The lowest BCUT2D eigenvalue weighted by atomic mass is 10.1. The molecule has 0 N–H and O–H groups in total. The molecule has 0 aromatic carbocycles. The lowest BCUT2D eigenvalue weighted by Gasteiger charge is -2.00. The summed E-state index contributed by atoms with van der Waals surface area (Å²) in [6.07, 6.45) is 9.84. The maximum Gasteiger partial charge on any atom is 0.115 e. The van der Waals surface area contributed by atoms with E-state index in [9.17, 15) is 0 Å². The van der Waals surface area contributed by atoms with E-state index in [2.05, 4.69) is 55.2 Å². The first-order valence-corrected chi connectivity index (χ1v) is 9.46. The van der Waals surface area contributed by atoms with Gasteiger partial charge in [0.25, 0.3) is 0 Å². The van der Waals surface area contributed by atoms with Crippen LogP contribution in [0.15, 0.2) is 19.8 Å². The van der Waals surface area contributed by atoms with Crippen LogP contribution in [0, 0.1) is 0 Å². The van der Waals surface area contributed by atoms with E-state index < -0.39 is 0 Å². The second-order valence-electron chi connectivity index (χ2n) is 4.87. The quantitative estimate of drug-likeness (QED) is 0.498. The molecule has 3 nitrogen and oxygen atoms in total. The molecule has 2 rings (SSSR count). The van der Waals surface area contributed by atoms with E-state index in [0.29, 0.717) is 0 Å². The van der Waals surface area contributed by atoms with Gasteiger partial charge < -0.3 is 0 Å². The second-order valence-corrected chi connectivity index (χ2v) is 8.62. The molecule has 0 radical (unpaired) electrons. The third kappa shape index (κ3) is 4.67. The average Bonchev–Trinajstić information content (AvgIpc) is 3.00. The van der Waals surface area contributed by atoms with Crippen molar-refractivity contribution in [2.45, 2.75) is 52.0 Å². The molecule has 0 aliphatic carbocycles. The molecule has 0 atom stereocenters. The van der Waals surface area contributed by atoms with Crippen LogP contribution >= 0.6 is 43.2 Å². The zero-order valence-corrected chi connectivity index (χ0v) is 15.6. The van der Waals surface area contributed by atoms with Crippen LogP contribution in [0.5, 0.6) is 0 Å². The first kappa shape index (κ1) is 16.2. The predicted molar refractivity (Wildman–Crippen MR) is 92.1 cm³/mol. The smallest absolute Gasteiger partial charge is 0.115 e. The summed E-state index contributed by atoms with van der Waals surface area (Å²) in [5.41, 5.74) is 2.04. The zero-order chi connectivity index (χ0) is 14.4. The normalized spacial score (nSPS) is 11.2. The van der Waals surface area contributed by atoms with Gasteiger partial charge in [-0.05, 0) is 44.3 Å². The first-order valence-electron chi connectivity index (χ1n) is 7.06. The minimum atomic E-state index is 0.935. The Bertz CT molecular complexity index is 536. The van der Waals surface area contributed by atoms with Crippen LogP contribution in [0.25, 0.3) is 11.3 Å². The van der Waals surface area contributed by atoms with E-state index in [1.807, 2.05) is 10.9 Å². The van der Waals surface area contributed by atoms with Gasteiger partial charge in [-0.25, -0.2) is 0 Å². The van der Waals surface area contributed by atoms with E-state index in [1.54, 1.807) is 11.3 Å². The lowest BCUT2D eigenvalue weighted by molar-refractivity contribution is 0.516. The molecule has 0 aliphatic rings. The van der Waals surface area contributed by atoms with Gasteiger partial charge >= 0.3 is 0 Å². The molecule has 6 heteroatoms. The molecular formula is C14H19Br2N3S. The molecule has 0 spiro atoms. The molecule has 0 saturated carbocycles. The van der Waals surface area contributed by atoms with Crippen molar-refractivity contribution in [3.8, 4) is 11.3 Å². The summed E-state index contributed by atoms with van der Waals surface area (Å²) in [5, 5.41) is 8.47. The Morgan fingerprint density at radius 2 is 1.90 bits per heavy atom. The molecule has 20 heavy (non-hydrogen) atoms. The van der Waals surface area contributed by atoms with E-state index in [1.165, 1.54) is 38.5 Å². The van der Waals surface area contributed by atoms with Gasteiger partial charge in [-0.3, -0.25) is 4.68 Å². The highest BCUT2D eigenvalue weighted by Crippen LogP contribution is 2.37. The molecule has 2 aromatic heterocycles. The van der Waals surface area contributed by atoms with Crippen molar-refractivity contribution in [3.63, 3.8) is 0 Å². The highest BCUT2D eigenvalue weighted by molar-refractivity contribution is 9.12. The van der Waals surface area contributed by atoms with Crippen LogP contribution in [-0.2, 0) is 6.54 Å². The Hall–Kier alpha value is -0.200. The summed E-state index contributed by atoms with van der Waals surface area (Å²) in [7, 11) is 0. The van der Waals surface area contributed by atoms with Crippen molar-refractivity contribution < 1.29 is 0 Å². The van der Waals surface area contributed by atoms with Crippen LogP contribution in [0.2, 0.25) is 0 Å². The van der Waals surface area contributed by atoms with Crippen molar-refractivity contribution in [3.05, 3.63) is 19.8 Å². The van der Waals surface area contributed by atoms with Crippen LogP contribution < -0.4 is 0 Å². The number of thiophene rings is 1. The molecular weight excluding hydrogens is 402 g/mol. The number of unbranched alkanes of at least 4 members (excludes halogenated alkanes) is 5. The minimum absolute atomic E-state index is 0.935. The minimum Gasteiger partial charge on any atom is -0.252 e. The Balaban J connectivity index is 1.82. The molecule has 0 bridgehead atoms. The maximum absolute atomic E-state index is 4.26. The molecule has 2 aromatic rings. The summed E-state index contributed by atoms with van der Waals surface area (Å²) >= 11 is 8.71. The van der Waals surface area contributed by atoms with Crippen LogP contribution in [0.4, 0.5) is 0 Å². The van der Waals surface area contributed by atoms with Gasteiger partial charge in [0.15, 0.2) is 0 Å². The summed E-state index contributed by atoms with van der Waals surface area (Å²) in [4.78, 5) is 0. The van der Waals surface area contributed by atoms with Gasteiger partial charge in [0, 0.05) is 12.1 Å². The van der Waals surface area contributed by atoms with Gasteiger partial charge in [-0.2, -0.15) is 0 Å². The van der Waals surface area contributed by atoms with Crippen molar-refractivity contribution in [1.82, 2.24) is 15.0 Å². The standard InChI is InChI=1S/C14H19Br2N3S/c1-2-3-4-5-6-7-8-19-10-12(17-18-19)11-9-13(15)20-14(11)16/h9-10H,2-8H2,1H3. The molecule has 2 heterocycles. The topological polar surface area (TPSA) is 30.7 Å². The highest BCUT2D eigenvalue weighted by atomic mass is 79.9. The number of rotatable bonds is 8. The Labute approximate surface area is 141 Å². The van der Waals surface area contributed by atoms with Crippen LogP contribution in [0.1, 0.15) is 45.4 Å². The van der Waals surface area contributed by atoms with E-state index in [4.69, 9.17) is 0 Å². The average molecular weight is 421 g/mol. The SMILES string of the molecule is CCCCCCCCn1cc(-c2cc(Br)sc2Br)nn1.